The summed E-state index contributed by atoms with van der Waals surface area (Å²) >= 11 is 13.8. The molecule has 1 rings (SSSR count). The molecule has 0 bridgehead atoms. The van der Waals surface area contributed by atoms with Crippen molar-refractivity contribution in [2.75, 3.05) is 6.61 Å². The molecule has 0 amide bonds. The topological polar surface area (TPSA) is 26.3 Å². The number of ether oxygens (including phenoxy) is 1. The maximum absolute atomic E-state index is 11.2. The van der Waals surface area contributed by atoms with Gasteiger partial charge in [0, 0.05) is 0 Å². The SMILES string of the molecule is O=C(C#CCOCc1ccccc1)C(Cl)(Cl)Br. The molecule has 1 aromatic rings. The fraction of sp³-hybridized carbons (Fsp3) is 0.250. The summed E-state index contributed by atoms with van der Waals surface area (Å²) in [6, 6.07) is 9.67. The fourth-order valence-corrected chi connectivity index (χ4v) is 1.17. The van der Waals surface area contributed by atoms with Gasteiger partial charge in [0.1, 0.15) is 6.61 Å². The molecule has 17 heavy (non-hydrogen) atoms. The van der Waals surface area contributed by atoms with Crippen molar-refractivity contribution in [1.29, 1.82) is 0 Å². The van der Waals surface area contributed by atoms with Gasteiger partial charge < -0.3 is 4.74 Å². The van der Waals surface area contributed by atoms with Crippen LogP contribution in [0.3, 0.4) is 0 Å². The van der Waals surface area contributed by atoms with Crippen LogP contribution in [0.4, 0.5) is 0 Å². The Kier molecular flexibility index (Phi) is 6.01. The molecule has 0 saturated heterocycles. The van der Waals surface area contributed by atoms with Gasteiger partial charge in [0.05, 0.1) is 6.61 Å². The molecule has 90 valence electrons. The van der Waals surface area contributed by atoms with Gasteiger partial charge in [-0.25, -0.2) is 0 Å². The van der Waals surface area contributed by atoms with E-state index in [0.29, 0.717) is 6.61 Å². The van der Waals surface area contributed by atoms with E-state index in [0.717, 1.165) is 5.56 Å². The van der Waals surface area contributed by atoms with E-state index in [1.165, 1.54) is 0 Å². The molecule has 0 N–H and O–H groups in total. The molecule has 2 nitrogen and oxygen atoms in total. The molecule has 0 fully saturated rings. The van der Waals surface area contributed by atoms with Crippen molar-refractivity contribution < 1.29 is 9.53 Å². The number of carbonyl (C=O) groups excluding carboxylic acids is 1. The first-order valence-electron chi connectivity index (χ1n) is 4.72. The molecule has 0 unspecified atom stereocenters. The molecule has 0 radical (unpaired) electrons. The molecule has 0 spiro atoms. The van der Waals surface area contributed by atoms with Crippen LogP contribution in [0, 0.1) is 11.8 Å². The van der Waals surface area contributed by atoms with Crippen LogP contribution in [0.25, 0.3) is 0 Å². The average molecular weight is 336 g/mol. The van der Waals surface area contributed by atoms with Crippen molar-refractivity contribution in [3.63, 3.8) is 0 Å². The van der Waals surface area contributed by atoms with E-state index in [4.69, 9.17) is 27.9 Å². The third-order valence-electron chi connectivity index (χ3n) is 1.75. The Hall–Kier alpha value is -0.530. The number of rotatable bonds is 4. The third kappa shape index (κ3) is 6.09. The smallest absolute Gasteiger partial charge is 0.252 e. The maximum Gasteiger partial charge on any atom is 0.252 e. The Morgan fingerprint density at radius 2 is 2.00 bits per heavy atom. The van der Waals surface area contributed by atoms with Crippen LogP contribution < -0.4 is 0 Å². The zero-order valence-corrected chi connectivity index (χ0v) is 11.8. The summed E-state index contributed by atoms with van der Waals surface area (Å²) in [7, 11) is 0. The van der Waals surface area contributed by atoms with Crippen LogP contribution in [-0.4, -0.2) is 15.6 Å². The van der Waals surface area contributed by atoms with Gasteiger partial charge in [0.15, 0.2) is 0 Å². The molecule has 5 heteroatoms. The van der Waals surface area contributed by atoms with E-state index >= 15 is 0 Å². The van der Waals surface area contributed by atoms with Gasteiger partial charge in [0.25, 0.3) is 5.78 Å². The van der Waals surface area contributed by atoms with Gasteiger partial charge in [-0.05, 0) is 27.4 Å². The van der Waals surface area contributed by atoms with Gasteiger partial charge in [-0.2, -0.15) is 0 Å². The minimum absolute atomic E-state index is 0.150. The highest BCUT2D eigenvalue weighted by Crippen LogP contribution is 2.28. The number of hydrogen-bond donors (Lipinski definition) is 0. The largest absolute Gasteiger partial charge is 0.364 e. The van der Waals surface area contributed by atoms with Crippen molar-refractivity contribution in [3.05, 3.63) is 35.9 Å². The van der Waals surface area contributed by atoms with Crippen LogP contribution in [0.5, 0.6) is 0 Å². The van der Waals surface area contributed by atoms with Gasteiger partial charge in [-0.3, -0.25) is 4.79 Å². The molecular weight excluding hydrogens is 327 g/mol. The second-order valence-corrected chi connectivity index (χ2v) is 6.54. The Bertz CT molecular complexity index is 429. The summed E-state index contributed by atoms with van der Waals surface area (Å²) in [5.74, 6) is 4.22. The quantitative estimate of drug-likeness (QED) is 0.365. The van der Waals surface area contributed by atoms with Gasteiger partial charge >= 0.3 is 0 Å². The lowest BCUT2D eigenvalue weighted by molar-refractivity contribution is -0.112. The van der Waals surface area contributed by atoms with E-state index in [1.807, 2.05) is 30.3 Å². The Labute approximate surface area is 118 Å². The molecule has 0 heterocycles. The minimum atomic E-state index is -1.64. The summed E-state index contributed by atoms with van der Waals surface area (Å²) in [5.41, 5.74) is 1.05. The molecule has 0 aliphatic rings. The van der Waals surface area contributed by atoms with Crippen LogP contribution in [0.2, 0.25) is 0 Å². The summed E-state index contributed by atoms with van der Waals surface area (Å²) in [4.78, 5) is 11.2. The molecule has 0 aliphatic carbocycles. The molecule has 0 aromatic heterocycles. The van der Waals surface area contributed by atoms with Crippen LogP contribution in [-0.2, 0) is 16.1 Å². The number of benzene rings is 1. The zero-order valence-electron chi connectivity index (χ0n) is 8.75. The van der Waals surface area contributed by atoms with Crippen molar-refractivity contribution in [2.45, 2.75) is 9.85 Å². The summed E-state index contributed by atoms with van der Waals surface area (Å²) < 4.78 is 3.62. The highest BCUT2D eigenvalue weighted by atomic mass is 79.9. The van der Waals surface area contributed by atoms with Crippen molar-refractivity contribution >= 4 is 44.9 Å². The fourth-order valence-electron chi connectivity index (χ4n) is 0.981. The number of ketones is 1. The first-order chi connectivity index (χ1) is 8.00. The van der Waals surface area contributed by atoms with E-state index < -0.39 is 9.03 Å². The van der Waals surface area contributed by atoms with Crippen molar-refractivity contribution in [3.8, 4) is 11.8 Å². The second-order valence-electron chi connectivity index (χ2n) is 3.11. The summed E-state index contributed by atoms with van der Waals surface area (Å²) in [5, 5.41) is 0. The molecule has 0 aliphatic heterocycles. The zero-order chi connectivity index (χ0) is 12.7. The number of halogens is 3. The van der Waals surface area contributed by atoms with Crippen molar-refractivity contribution in [1.82, 2.24) is 0 Å². The molecule has 0 atom stereocenters. The first-order valence-corrected chi connectivity index (χ1v) is 6.27. The van der Waals surface area contributed by atoms with E-state index in [9.17, 15) is 4.79 Å². The van der Waals surface area contributed by atoms with Crippen LogP contribution in [0.15, 0.2) is 30.3 Å². The standard InChI is InChI=1S/C12H9BrCl2O2/c13-12(14,15)11(16)7-4-8-17-9-10-5-2-1-3-6-10/h1-3,5-6H,8-9H2. The lowest BCUT2D eigenvalue weighted by Gasteiger charge is -2.02. The summed E-state index contributed by atoms with van der Waals surface area (Å²) in [6.07, 6.45) is 0. The normalized spacial score (nSPS) is 10.5. The van der Waals surface area contributed by atoms with Gasteiger partial charge in [0.2, 0.25) is 3.24 Å². The highest BCUT2D eigenvalue weighted by molar-refractivity contribution is 9.11. The second kappa shape index (κ2) is 7.03. The average Bonchev–Trinajstić information content (AvgIpc) is 2.28. The van der Waals surface area contributed by atoms with Crippen LogP contribution in [0.1, 0.15) is 5.56 Å². The molecular formula is C12H9BrCl2O2. The van der Waals surface area contributed by atoms with E-state index in [1.54, 1.807) is 0 Å². The Balaban J connectivity index is 2.30. The van der Waals surface area contributed by atoms with Crippen molar-refractivity contribution in [2.24, 2.45) is 0 Å². The number of alkyl halides is 3. The number of carbonyl (C=O) groups is 1. The predicted octanol–water partition coefficient (Wildman–Crippen LogP) is 3.30. The van der Waals surface area contributed by atoms with Gasteiger partial charge in [-0.15, -0.1) is 0 Å². The van der Waals surface area contributed by atoms with E-state index in [-0.39, 0.29) is 6.61 Å². The lowest BCUT2D eigenvalue weighted by atomic mass is 10.2. The monoisotopic (exact) mass is 334 g/mol. The molecule has 1 aromatic carbocycles. The lowest BCUT2D eigenvalue weighted by Crippen LogP contribution is -2.15. The van der Waals surface area contributed by atoms with E-state index in [2.05, 4.69) is 27.8 Å². The predicted molar refractivity (Wildman–Crippen MR) is 72.2 cm³/mol. The maximum atomic E-state index is 11.2. The number of Topliss-reactive ketones (excluding diaryl/α,β-unsaturated/α-hetero) is 1. The third-order valence-corrected chi connectivity index (χ3v) is 2.45. The molecule has 0 saturated carbocycles. The Morgan fingerprint density at radius 3 is 2.59 bits per heavy atom. The number of hydrogen-bond acceptors (Lipinski definition) is 2. The summed E-state index contributed by atoms with van der Waals surface area (Å²) in [6.45, 7) is 0.600. The Morgan fingerprint density at radius 1 is 1.35 bits per heavy atom. The van der Waals surface area contributed by atoms with Gasteiger partial charge in [-0.1, -0.05) is 59.5 Å². The first kappa shape index (κ1) is 14.5. The highest BCUT2D eigenvalue weighted by Gasteiger charge is 2.27. The minimum Gasteiger partial charge on any atom is -0.364 e. The van der Waals surface area contributed by atoms with Crippen LogP contribution >= 0.6 is 39.1 Å².